The highest BCUT2D eigenvalue weighted by molar-refractivity contribution is 5.92. The zero-order valence-corrected chi connectivity index (χ0v) is 15.4. The number of amides is 1. The molecule has 3 rings (SSSR count). The van der Waals surface area contributed by atoms with E-state index in [0.29, 0.717) is 11.4 Å². The van der Waals surface area contributed by atoms with E-state index >= 15 is 0 Å². The summed E-state index contributed by atoms with van der Waals surface area (Å²) in [5.74, 6) is 1.16. The minimum Gasteiger partial charge on any atom is -0.457 e. The van der Waals surface area contributed by atoms with Crippen molar-refractivity contribution in [2.45, 2.75) is 37.8 Å². The van der Waals surface area contributed by atoms with Crippen LogP contribution >= 0.6 is 24.8 Å². The molecule has 1 aliphatic carbocycles. The van der Waals surface area contributed by atoms with Crippen LogP contribution in [0.4, 0.5) is 0 Å². The Morgan fingerprint density at radius 3 is 2.40 bits per heavy atom. The Balaban J connectivity index is 0.00000156. The molecule has 0 spiro atoms. The zero-order valence-electron chi connectivity index (χ0n) is 13.8. The predicted octanol–water partition coefficient (Wildman–Crippen LogP) is 3.72. The molecule has 0 atom stereocenters. The topological polar surface area (TPSA) is 77.2 Å². The maximum absolute atomic E-state index is 12.3. The van der Waals surface area contributed by atoms with Crippen LogP contribution in [0.25, 0.3) is 0 Å². The van der Waals surface area contributed by atoms with E-state index < -0.39 is 0 Å². The molecule has 0 saturated heterocycles. The molecule has 1 aromatic heterocycles. The minimum atomic E-state index is -0.163. The number of nitrogens with two attached hydrogens (primary N) is 1. The Labute approximate surface area is 160 Å². The van der Waals surface area contributed by atoms with E-state index in [0.717, 1.165) is 31.4 Å². The number of halogens is 2. The van der Waals surface area contributed by atoms with Crippen LogP contribution in [0.15, 0.2) is 48.7 Å². The van der Waals surface area contributed by atoms with E-state index in [1.54, 1.807) is 18.3 Å². The molecule has 1 aromatic carbocycles. The first-order valence-electron chi connectivity index (χ1n) is 7.96. The molecule has 0 radical (unpaired) electrons. The molecule has 0 bridgehead atoms. The van der Waals surface area contributed by atoms with Crippen molar-refractivity contribution in [3.05, 3.63) is 54.4 Å². The number of ether oxygens (including phenoxy) is 1. The lowest BCUT2D eigenvalue weighted by Gasteiger charge is -2.26. The van der Waals surface area contributed by atoms with Crippen LogP contribution in [-0.2, 0) is 0 Å². The van der Waals surface area contributed by atoms with Gasteiger partial charge in [0, 0.05) is 24.3 Å². The van der Waals surface area contributed by atoms with E-state index in [1.807, 2.05) is 30.3 Å². The van der Waals surface area contributed by atoms with Crippen molar-refractivity contribution in [3.8, 4) is 11.5 Å². The van der Waals surface area contributed by atoms with Gasteiger partial charge in [0.15, 0.2) is 0 Å². The van der Waals surface area contributed by atoms with Gasteiger partial charge in [0.25, 0.3) is 5.91 Å². The fourth-order valence-electron chi connectivity index (χ4n) is 2.75. The fraction of sp³-hybridized carbons (Fsp3) is 0.333. The minimum absolute atomic E-state index is 0. The van der Waals surface area contributed by atoms with Gasteiger partial charge in [0.2, 0.25) is 0 Å². The second-order valence-electron chi connectivity index (χ2n) is 5.88. The summed E-state index contributed by atoms with van der Waals surface area (Å²) in [7, 11) is 0. The van der Waals surface area contributed by atoms with Crippen molar-refractivity contribution in [2.75, 3.05) is 0 Å². The highest BCUT2D eigenvalue weighted by atomic mass is 35.5. The van der Waals surface area contributed by atoms with Crippen molar-refractivity contribution in [2.24, 2.45) is 5.73 Å². The number of para-hydroxylation sites is 1. The summed E-state index contributed by atoms with van der Waals surface area (Å²) < 4.78 is 5.74. The molecule has 1 fully saturated rings. The number of carbonyl (C=O) groups excluding carboxylic acids is 1. The Hall–Kier alpha value is -1.82. The van der Waals surface area contributed by atoms with Gasteiger partial charge in [0.05, 0.1) is 0 Å². The highest BCUT2D eigenvalue weighted by Gasteiger charge is 2.21. The van der Waals surface area contributed by atoms with Gasteiger partial charge in [-0.1, -0.05) is 18.2 Å². The number of rotatable bonds is 4. The molecular weight excluding hydrogens is 361 g/mol. The normalized spacial score (nSPS) is 19.1. The van der Waals surface area contributed by atoms with Gasteiger partial charge in [-0.15, -0.1) is 24.8 Å². The van der Waals surface area contributed by atoms with Crippen LogP contribution < -0.4 is 15.8 Å². The Bertz CT molecular complexity index is 662. The third-order valence-electron chi connectivity index (χ3n) is 4.05. The number of benzene rings is 1. The lowest BCUT2D eigenvalue weighted by atomic mass is 9.92. The van der Waals surface area contributed by atoms with Crippen molar-refractivity contribution in [1.82, 2.24) is 10.3 Å². The van der Waals surface area contributed by atoms with Crippen LogP contribution in [0.5, 0.6) is 11.5 Å². The first-order valence-corrected chi connectivity index (χ1v) is 7.96. The monoisotopic (exact) mass is 383 g/mol. The summed E-state index contributed by atoms with van der Waals surface area (Å²) in [6, 6.07) is 13.3. The third kappa shape index (κ3) is 6.20. The molecule has 7 heteroatoms. The van der Waals surface area contributed by atoms with E-state index in [2.05, 4.69) is 10.3 Å². The molecular formula is C18H23Cl2N3O2. The Kier molecular flexibility index (Phi) is 8.69. The fourth-order valence-corrected chi connectivity index (χ4v) is 2.75. The van der Waals surface area contributed by atoms with Crippen molar-refractivity contribution in [3.63, 3.8) is 0 Å². The maximum Gasteiger partial charge on any atom is 0.270 e. The predicted molar refractivity (Wildman–Crippen MR) is 103 cm³/mol. The quantitative estimate of drug-likeness (QED) is 0.843. The molecule has 1 heterocycles. The summed E-state index contributed by atoms with van der Waals surface area (Å²) >= 11 is 0. The van der Waals surface area contributed by atoms with E-state index in [9.17, 15) is 4.79 Å². The zero-order chi connectivity index (χ0) is 16.1. The van der Waals surface area contributed by atoms with Crippen LogP contribution in [0.3, 0.4) is 0 Å². The second-order valence-corrected chi connectivity index (χ2v) is 5.88. The van der Waals surface area contributed by atoms with Gasteiger partial charge >= 0.3 is 0 Å². The number of aromatic nitrogens is 1. The lowest BCUT2D eigenvalue weighted by Crippen LogP contribution is -2.40. The van der Waals surface area contributed by atoms with Crippen molar-refractivity contribution >= 4 is 30.7 Å². The molecule has 25 heavy (non-hydrogen) atoms. The van der Waals surface area contributed by atoms with Crippen LogP contribution in [0.2, 0.25) is 0 Å². The van der Waals surface area contributed by atoms with E-state index in [4.69, 9.17) is 10.5 Å². The summed E-state index contributed by atoms with van der Waals surface area (Å²) in [6.07, 6.45) is 5.34. The largest absolute Gasteiger partial charge is 0.457 e. The number of pyridine rings is 1. The summed E-state index contributed by atoms with van der Waals surface area (Å²) in [5.41, 5.74) is 6.26. The number of hydrogen-bond donors (Lipinski definition) is 2. The molecule has 1 amide bonds. The molecule has 1 saturated carbocycles. The maximum atomic E-state index is 12.3. The average molecular weight is 384 g/mol. The lowest BCUT2D eigenvalue weighted by molar-refractivity contribution is 0.0920. The van der Waals surface area contributed by atoms with Crippen LogP contribution in [0, 0.1) is 0 Å². The van der Waals surface area contributed by atoms with Crippen molar-refractivity contribution < 1.29 is 9.53 Å². The number of hydrogen-bond acceptors (Lipinski definition) is 4. The third-order valence-corrected chi connectivity index (χ3v) is 4.05. The second kappa shape index (κ2) is 10.2. The van der Waals surface area contributed by atoms with Gasteiger partial charge in [-0.05, 0) is 43.9 Å². The summed E-state index contributed by atoms with van der Waals surface area (Å²) in [4.78, 5) is 16.5. The Morgan fingerprint density at radius 1 is 1.04 bits per heavy atom. The van der Waals surface area contributed by atoms with Gasteiger partial charge in [-0.25, -0.2) is 0 Å². The van der Waals surface area contributed by atoms with Crippen LogP contribution in [-0.4, -0.2) is 23.0 Å². The summed E-state index contributed by atoms with van der Waals surface area (Å²) in [5, 5.41) is 3.03. The van der Waals surface area contributed by atoms with E-state index in [1.165, 1.54) is 0 Å². The molecule has 3 N–H and O–H groups in total. The highest BCUT2D eigenvalue weighted by Crippen LogP contribution is 2.21. The number of carbonyl (C=O) groups is 1. The van der Waals surface area contributed by atoms with Gasteiger partial charge in [0.1, 0.15) is 17.2 Å². The molecule has 1 aliphatic rings. The summed E-state index contributed by atoms with van der Waals surface area (Å²) in [6.45, 7) is 0. The van der Waals surface area contributed by atoms with Gasteiger partial charge in [-0.2, -0.15) is 0 Å². The molecule has 0 aliphatic heterocycles. The average Bonchev–Trinajstić information content (AvgIpc) is 2.58. The van der Waals surface area contributed by atoms with Crippen molar-refractivity contribution in [1.29, 1.82) is 0 Å². The molecule has 136 valence electrons. The molecule has 2 aromatic rings. The number of nitrogens with one attached hydrogen (secondary N) is 1. The number of nitrogens with zero attached hydrogens (tertiary/aromatic N) is 1. The van der Waals surface area contributed by atoms with Gasteiger partial charge in [-0.3, -0.25) is 9.78 Å². The van der Waals surface area contributed by atoms with E-state index in [-0.39, 0.29) is 42.8 Å². The first kappa shape index (κ1) is 21.2. The standard InChI is InChI=1S/C18H21N3O2.2ClH/c19-13-6-8-14(9-7-13)21-18(22)17-12-16(10-11-20-17)23-15-4-2-1-3-5-15;;/h1-5,10-14H,6-9,19H2,(H,21,22);2*1H. The smallest absolute Gasteiger partial charge is 0.270 e. The molecule has 0 unspecified atom stereocenters. The SMILES string of the molecule is Cl.Cl.NC1CCC(NC(=O)c2cc(Oc3ccccc3)ccn2)CC1. The first-order chi connectivity index (χ1) is 11.2. The van der Waals surface area contributed by atoms with Gasteiger partial charge < -0.3 is 15.8 Å². The molecule has 5 nitrogen and oxygen atoms in total. The van der Waals surface area contributed by atoms with Crippen LogP contribution in [0.1, 0.15) is 36.2 Å². The Morgan fingerprint density at radius 2 is 1.72 bits per heavy atom.